The number of carbonyl (C=O) groups is 1. The molecule has 9 nitrogen and oxygen atoms in total. The first-order valence-electron chi connectivity index (χ1n) is 11.2. The number of aromatic nitrogens is 3. The molecule has 34 heavy (non-hydrogen) atoms. The molecular formula is C23H26FN5O4S. The van der Waals surface area contributed by atoms with Gasteiger partial charge in [-0.25, -0.2) is 27.6 Å². The van der Waals surface area contributed by atoms with Gasteiger partial charge in [0, 0.05) is 49.5 Å². The van der Waals surface area contributed by atoms with Crippen molar-refractivity contribution in [2.45, 2.75) is 37.2 Å². The van der Waals surface area contributed by atoms with Gasteiger partial charge in [-0.15, -0.1) is 0 Å². The van der Waals surface area contributed by atoms with Gasteiger partial charge in [0.1, 0.15) is 5.82 Å². The molecule has 11 heteroatoms. The van der Waals surface area contributed by atoms with Crippen LogP contribution >= 0.6 is 0 Å². The van der Waals surface area contributed by atoms with Gasteiger partial charge in [-0.05, 0) is 50.3 Å². The smallest absolute Gasteiger partial charge is 0.410 e. The molecule has 2 aromatic heterocycles. The second-order valence-electron chi connectivity index (χ2n) is 9.31. The van der Waals surface area contributed by atoms with Gasteiger partial charge in [-0.1, -0.05) is 0 Å². The van der Waals surface area contributed by atoms with E-state index in [9.17, 15) is 17.6 Å². The lowest BCUT2D eigenvalue weighted by Gasteiger charge is -2.53. The fourth-order valence-corrected chi connectivity index (χ4v) is 5.66. The van der Waals surface area contributed by atoms with Gasteiger partial charge in [0.05, 0.1) is 16.7 Å². The van der Waals surface area contributed by atoms with Crippen molar-refractivity contribution in [3.8, 4) is 0 Å². The van der Waals surface area contributed by atoms with Crippen molar-refractivity contribution in [2.24, 2.45) is 11.8 Å². The molecule has 0 spiro atoms. The van der Waals surface area contributed by atoms with Crippen molar-refractivity contribution >= 4 is 33.1 Å². The predicted octanol–water partition coefficient (Wildman–Crippen LogP) is 3.60. The Balaban J connectivity index is 1.38. The first-order valence-corrected chi connectivity index (χ1v) is 13.0. The minimum atomic E-state index is -3.51. The van der Waals surface area contributed by atoms with Gasteiger partial charge < -0.3 is 15.0 Å². The van der Waals surface area contributed by atoms with Crippen LogP contribution in [0.3, 0.4) is 0 Å². The fourth-order valence-electron chi connectivity index (χ4n) is 5.02. The van der Waals surface area contributed by atoms with E-state index < -0.39 is 15.7 Å². The van der Waals surface area contributed by atoms with Crippen LogP contribution in [0, 0.1) is 17.7 Å². The summed E-state index contributed by atoms with van der Waals surface area (Å²) >= 11 is 0. The molecule has 6 rings (SSSR count). The number of hydrogen-bond acceptors (Lipinski definition) is 7. The Kier molecular flexibility index (Phi) is 5.46. The van der Waals surface area contributed by atoms with Gasteiger partial charge in [0.25, 0.3) is 0 Å². The fraction of sp³-hybridized carbons (Fsp3) is 0.435. The first kappa shape index (κ1) is 22.6. The minimum Gasteiger partial charge on any atom is -0.447 e. The highest BCUT2D eigenvalue weighted by molar-refractivity contribution is 7.90. The van der Waals surface area contributed by atoms with Crippen LogP contribution in [-0.4, -0.2) is 59.2 Å². The van der Waals surface area contributed by atoms with Crippen LogP contribution in [0.4, 0.5) is 20.7 Å². The summed E-state index contributed by atoms with van der Waals surface area (Å²) in [6, 6.07) is 3.71. The van der Waals surface area contributed by atoms with Crippen molar-refractivity contribution < 1.29 is 22.3 Å². The summed E-state index contributed by atoms with van der Waals surface area (Å²) in [4.78, 5) is 22.9. The van der Waals surface area contributed by atoms with Crippen molar-refractivity contribution in [3.63, 3.8) is 0 Å². The van der Waals surface area contributed by atoms with E-state index in [0.717, 1.165) is 24.4 Å². The van der Waals surface area contributed by atoms with E-state index in [1.165, 1.54) is 12.1 Å². The summed E-state index contributed by atoms with van der Waals surface area (Å²) in [6.07, 6.45) is 6.93. The molecule has 180 valence electrons. The second kappa shape index (κ2) is 8.23. The molecule has 1 N–H and O–H groups in total. The molecule has 3 aromatic rings. The number of imidazole rings is 1. The number of amides is 1. The van der Waals surface area contributed by atoms with Crippen LogP contribution in [-0.2, 0) is 14.6 Å². The van der Waals surface area contributed by atoms with E-state index in [2.05, 4.69) is 15.3 Å². The van der Waals surface area contributed by atoms with Crippen LogP contribution in [0.2, 0.25) is 0 Å². The number of piperidine rings is 2. The molecule has 3 fully saturated rings. The van der Waals surface area contributed by atoms with Gasteiger partial charge in [0.2, 0.25) is 0 Å². The normalized spacial score (nSPS) is 22.0. The Hall–Kier alpha value is -3.21. The molecule has 2 saturated heterocycles. The summed E-state index contributed by atoms with van der Waals surface area (Å²) in [5.74, 6) is 0.582. The Morgan fingerprint density at radius 3 is 2.62 bits per heavy atom. The molecule has 4 heterocycles. The molecule has 2 aliphatic heterocycles. The van der Waals surface area contributed by atoms with E-state index in [-0.39, 0.29) is 28.7 Å². The molecule has 3 aliphatic rings. The molecule has 1 saturated carbocycles. The van der Waals surface area contributed by atoms with E-state index in [0.29, 0.717) is 36.4 Å². The third-order valence-corrected chi connectivity index (χ3v) is 7.66. The summed E-state index contributed by atoms with van der Waals surface area (Å²) in [6.45, 7) is 4.98. The SMILES string of the molecule is CC(C)OC(=O)N1CC2CC(C1)C2c1cnc2c(Nc3ccc(S(C)(=O)=O)cc3F)nccn12. The Labute approximate surface area is 196 Å². The summed E-state index contributed by atoms with van der Waals surface area (Å²) < 4.78 is 45.2. The van der Waals surface area contributed by atoms with Crippen molar-refractivity contribution in [3.05, 3.63) is 48.3 Å². The Morgan fingerprint density at radius 1 is 1.24 bits per heavy atom. The average Bonchev–Trinajstić information content (AvgIpc) is 3.18. The van der Waals surface area contributed by atoms with Crippen LogP contribution in [0.15, 0.2) is 41.7 Å². The lowest BCUT2D eigenvalue weighted by Crippen LogP contribution is -2.56. The van der Waals surface area contributed by atoms with E-state index >= 15 is 0 Å². The summed E-state index contributed by atoms with van der Waals surface area (Å²) in [7, 11) is -3.51. The van der Waals surface area contributed by atoms with Crippen LogP contribution in [0.25, 0.3) is 5.65 Å². The van der Waals surface area contributed by atoms with Crippen molar-refractivity contribution in [2.75, 3.05) is 24.7 Å². The van der Waals surface area contributed by atoms with E-state index in [1.54, 1.807) is 11.1 Å². The number of halogens is 1. The number of ether oxygens (including phenoxy) is 1. The monoisotopic (exact) mass is 487 g/mol. The molecule has 1 aliphatic carbocycles. The maximum absolute atomic E-state index is 14.6. The number of benzene rings is 1. The van der Waals surface area contributed by atoms with Crippen molar-refractivity contribution in [1.29, 1.82) is 0 Å². The number of nitrogens with zero attached hydrogens (tertiary/aromatic N) is 4. The number of nitrogens with one attached hydrogen (secondary N) is 1. The topological polar surface area (TPSA) is 106 Å². The minimum absolute atomic E-state index is 0.0901. The number of rotatable bonds is 5. The number of hydrogen-bond donors (Lipinski definition) is 1. The highest BCUT2D eigenvalue weighted by Gasteiger charge is 2.50. The zero-order valence-electron chi connectivity index (χ0n) is 19.1. The number of sulfone groups is 1. The highest BCUT2D eigenvalue weighted by atomic mass is 32.2. The molecule has 2 unspecified atom stereocenters. The molecule has 0 radical (unpaired) electrons. The van der Waals surface area contributed by atoms with Gasteiger partial charge in [0.15, 0.2) is 21.3 Å². The molecule has 2 atom stereocenters. The van der Waals surface area contributed by atoms with E-state index in [4.69, 9.17) is 4.74 Å². The third-order valence-electron chi connectivity index (χ3n) is 6.55. The highest BCUT2D eigenvalue weighted by Crippen LogP contribution is 2.51. The van der Waals surface area contributed by atoms with E-state index in [1.807, 2.05) is 30.6 Å². The Bertz CT molecular complexity index is 1360. The van der Waals surface area contributed by atoms with Crippen LogP contribution in [0.5, 0.6) is 0 Å². The van der Waals surface area contributed by atoms with Crippen LogP contribution in [0.1, 0.15) is 31.9 Å². The van der Waals surface area contributed by atoms with Gasteiger partial charge >= 0.3 is 6.09 Å². The summed E-state index contributed by atoms with van der Waals surface area (Å²) in [5.41, 5.74) is 1.69. The zero-order valence-corrected chi connectivity index (χ0v) is 19.9. The first-order chi connectivity index (χ1) is 16.1. The maximum atomic E-state index is 14.6. The molecule has 2 bridgehead atoms. The maximum Gasteiger partial charge on any atom is 0.410 e. The summed E-state index contributed by atoms with van der Waals surface area (Å²) in [5, 5.41) is 2.94. The predicted molar refractivity (Wildman–Crippen MR) is 123 cm³/mol. The largest absolute Gasteiger partial charge is 0.447 e. The third kappa shape index (κ3) is 3.97. The molecular weight excluding hydrogens is 461 g/mol. The number of fused-ring (bicyclic) bond motifs is 3. The standard InChI is InChI=1S/C23H26FN5O4S/c1-13(2)33-23(30)28-11-14-8-15(12-28)20(14)19-10-26-22-21(25-6-7-29(19)22)27-18-5-4-16(9-17(18)24)34(3,31)32/h4-7,9-10,13-15,20H,8,11-12H2,1-3H3,(H,25,27). The average molecular weight is 488 g/mol. The van der Waals surface area contributed by atoms with Gasteiger partial charge in [-0.3, -0.25) is 4.40 Å². The van der Waals surface area contributed by atoms with Crippen molar-refractivity contribution in [1.82, 2.24) is 19.3 Å². The van der Waals surface area contributed by atoms with Crippen LogP contribution < -0.4 is 5.32 Å². The quantitative estimate of drug-likeness (QED) is 0.586. The lowest BCUT2D eigenvalue weighted by molar-refractivity contribution is -0.0121. The Morgan fingerprint density at radius 2 is 1.97 bits per heavy atom. The number of anilines is 2. The second-order valence-corrected chi connectivity index (χ2v) is 11.3. The molecule has 1 aromatic carbocycles. The zero-order chi connectivity index (χ0) is 24.2. The number of carbonyl (C=O) groups excluding carboxylic acids is 1. The van der Waals surface area contributed by atoms with Gasteiger partial charge in [-0.2, -0.15) is 0 Å². The molecule has 1 amide bonds. The lowest BCUT2D eigenvalue weighted by atomic mass is 9.60.